The van der Waals surface area contributed by atoms with Crippen molar-refractivity contribution < 1.29 is 19.1 Å². The van der Waals surface area contributed by atoms with Gasteiger partial charge in [-0.1, -0.05) is 18.2 Å². The van der Waals surface area contributed by atoms with Gasteiger partial charge >= 0.3 is 5.97 Å². The van der Waals surface area contributed by atoms with Gasteiger partial charge < -0.3 is 14.8 Å². The fourth-order valence-electron chi connectivity index (χ4n) is 3.58. The van der Waals surface area contributed by atoms with Crippen molar-refractivity contribution in [2.75, 3.05) is 14.2 Å². The second kappa shape index (κ2) is 6.51. The van der Waals surface area contributed by atoms with Crippen LogP contribution in [-0.2, 0) is 14.3 Å². The molecule has 5 heteroatoms. The summed E-state index contributed by atoms with van der Waals surface area (Å²) in [7, 11) is 2.95. The smallest absolute Gasteiger partial charge is 0.336 e. The molecule has 0 aromatic heterocycles. The van der Waals surface area contributed by atoms with Gasteiger partial charge in [0.05, 0.1) is 25.7 Å². The van der Waals surface area contributed by atoms with Crippen LogP contribution in [0.15, 0.2) is 46.8 Å². The largest absolute Gasteiger partial charge is 0.496 e. The Labute approximate surface area is 141 Å². The SMILES string of the molecule is COC(=O)C1=C(C)NC2=C(C(=O)CCC2)[C@H]1c1ccccc1OC. The van der Waals surface area contributed by atoms with Crippen LogP contribution in [0.3, 0.4) is 0 Å². The number of esters is 1. The molecule has 1 aromatic carbocycles. The van der Waals surface area contributed by atoms with E-state index in [9.17, 15) is 9.59 Å². The number of para-hydroxylation sites is 1. The van der Waals surface area contributed by atoms with Crippen molar-refractivity contribution in [1.29, 1.82) is 0 Å². The number of ether oxygens (including phenoxy) is 2. The number of benzene rings is 1. The molecule has 1 N–H and O–H groups in total. The van der Waals surface area contributed by atoms with E-state index in [1.54, 1.807) is 7.11 Å². The van der Waals surface area contributed by atoms with Crippen molar-refractivity contribution in [3.05, 3.63) is 52.4 Å². The maximum Gasteiger partial charge on any atom is 0.336 e. The summed E-state index contributed by atoms with van der Waals surface area (Å²) in [5.74, 6) is -0.157. The van der Waals surface area contributed by atoms with Crippen LogP contribution in [0.1, 0.15) is 37.7 Å². The van der Waals surface area contributed by atoms with Gasteiger partial charge in [0, 0.05) is 29.0 Å². The zero-order valence-electron chi connectivity index (χ0n) is 14.1. The summed E-state index contributed by atoms with van der Waals surface area (Å²) in [5, 5.41) is 3.25. The van der Waals surface area contributed by atoms with Crippen LogP contribution in [0.5, 0.6) is 5.75 Å². The highest BCUT2D eigenvalue weighted by Gasteiger charge is 2.39. The monoisotopic (exact) mass is 327 g/mol. The number of hydrogen-bond acceptors (Lipinski definition) is 5. The summed E-state index contributed by atoms with van der Waals surface area (Å²) in [6.45, 7) is 1.84. The highest BCUT2D eigenvalue weighted by atomic mass is 16.5. The molecule has 1 aromatic rings. The lowest BCUT2D eigenvalue weighted by molar-refractivity contribution is -0.136. The van der Waals surface area contributed by atoms with Gasteiger partial charge in [-0.15, -0.1) is 0 Å². The number of carbonyl (C=O) groups excluding carboxylic acids is 2. The lowest BCUT2D eigenvalue weighted by atomic mass is 9.75. The van der Waals surface area contributed by atoms with Crippen molar-refractivity contribution in [3.63, 3.8) is 0 Å². The molecule has 0 spiro atoms. The molecule has 126 valence electrons. The van der Waals surface area contributed by atoms with Crippen LogP contribution in [0, 0.1) is 0 Å². The number of Topliss-reactive ketones (excluding diaryl/α,β-unsaturated/α-hetero) is 1. The van der Waals surface area contributed by atoms with E-state index in [1.807, 2.05) is 31.2 Å². The van der Waals surface area contributed by atoms with E-state index < -0.39 is 11.9 Å². The number of dihydropyridines is 1. The lowest BCUT2D eigenvalue weighted by Crippen LogP contribution is -2.34. The number of carbonyl (C=O) groups is 2. The first-order valence-electron chi connectivity index (χ1n) is 8.03. The predicted molar refractivity (Wildman–Crippen MR) is 89.5 cm³/mol. The zero-order valence-corrected chi connectivity index (χ0v) is 14.1. The van der Waals surface area contributed by atoms with Gasteiger partial charge in [0.1, 0.15) is 5.75 Å². The molecule has 0 bridgehead atoms. The Morgan fingerprint density at radius 1 is 1.21 bits per heavy atom. The Kier molecular flexibility index (Phi) is 4.42. The molecule has 2 aliphatic rings. The molecule has 24 heavy (non-hydrogen) atoms. The number of hydrogen-bond donors (Lipinski definition) is 1. The van der Waals surface area contributed by atoms with E-state index >= 15 is 0 Å². The molecule has 1 aliphatic heterocycles. The second-order valence-electron chi connectivity index (χ2n) is 6.00. The first-order valence-corrected chi connectivity index (χ1v) is 8.03. The number of nitrogens with one attached hydrogen (secondary N) is 1. The molecule has 1 aliphatic carbocycles. The maximum absolute atomic E-state index is 12.7. The van der Waals surface area contributed by atoms with Crippen LogP contribution < -0.4 is 10.1 Å². The maximum atomic E-state index is 12.7. The first-order chi connectivity index (χ1) is 11.6. The Morgan fingerprint density at radius 3 is 2.67 bits per heavy atom. The quantitative estimate of drug-likeness (QED) is 0.865. The Balaban J connectivity index is 2.24. The number of methoxy groups -OCH3 is 2. The first kappa shape index (κ1) is 16.3. The molecular formula is C19H21NO4. The number of allylic oxidation sites excluding steroid dienone is 3. The molecule has 0 amide bonds. The summed E-state index contributed by atoms with van der Waals surface area (Å²) in [6, 6.07) is 7.50. The van der Waals surface area contributed by atoms with Gasteiger partial charge in [0.2, 0.25) is 0 Å². The molecule has 0 fully saturated rings. The van der Waals surface area contributed by atoms with Crippen LogP contribution in [-0.4, -0.2) is 26.0 Å². The normalized spacial score (nSPS) is 20.5. The highest BCUT2D eigenvalue weighted by molar-refractivity contribution is 6.03. The molecular weight excluding hydrogens is 306 g/mol. The average Bonchev–Trinajstić information content (AvgIpc) is 2.60. The molecule has 5 nitrogen and oxygen atoms in total. The molecule has 0 unspecified atom stereocenters. The van der Waals surface area contributed by atoms with Crippen molar-refractivity contribution in [2.45, 2.75) is 32.1 Å². The van der Waals surface area contributed by atoms with Crippen LogP contribution in [0.4, 0.5) is 0 Å². The van der Waals surface area contributed by atoms with Crippen LogP contribution >= 0.6 is 0 Å². The molecule has 1 heterocycles. The third-order valence-corrected chi connectivity index (χ3v) is 4.63. The topological polar surface area (TPSA) is 64.6 Å². The van der Waals surface area contributed by atoms with Crippen LogP contribution in [0.2, 0.25) is 0 Å². The summed E-state index contributed by atoms with van der Waals surface area (Å²) < 4.78 is 10.5. The Morgan fingerprint density at radius 2 is 1.96 bits per heavy atom. The minimum absolute atomic E-state index is 0.0774. The van der Waals surface area contributed by atoms with Gasteiger partial charge in [-0.2, -0.15) is 0 Å². The van der Waals surface area contributed by atoms with E-state index in [4.69, 9.17) is 9.47 Å². The third kappa shape index (κ3) is 2.60. The average molecular weight is 327 g/mol. The van der Waals surface area contributed by atoms with E-state index in [0.29, 0.717) is 23.3 Å². The van der Waals surface area contributed by atoms with Gasteiger partial charge in [-0.25, -0.2) is 4.79 Å². The minimum Gasteiger partial charge on any atom is -0.496 e. The zero-order chi connectivity index (χ0) is 17.3. The Hall–Kier alpha value is -2.56. The van der Waals surface area contributed by atoms with Crippen molar-refractivity contribution in [1.82, 2.24) is 5.32 Å². The van der Waals surface area contributed by atoms with Crippen molar-refractivity contribution in [2.24, 2.45) is 0 Å². The fourth-order valence-corrected chi connectivity index (χ4v) is 3.58. The minimum atomic E-state index is -0.461. The molecule has 0 radical (unpaired) electrons. The standard InChI is InChI=1S/C19H21NO4/c1-11-16(19(22)24-3)17(12-7-4-5-10-15(12)23-2)18-13(20-11)8-6-9-14(18)21/h4-5,7,10,17,20H,6,8-9H2,1-3H3/t17-/m0/s1. The summed E-state index contributed by atoms with van der Waals surface area (Å²) in [5.41, 5.74) is 3.58. The molecule has 0 saturated carbocycles. The highest BCUT2D eigenvalue weighted by Crippen LogP contribution is 2.44. The number of rotatable bonds is 3. The van der Waals surface area contributed by atoms with Crippen molar-refractivity contribution in [3.8, 4) is 5.75 Å². The van der Waals surface area contributed by atoms with E-state index in [-0.39, 0.29) is 5.78 Å². The molecule has 3 rings (SSSR count). The summed E-state index contributed by atoms with van der Waals surface area (Å²) in [6.07, 6.45) is 2.13. The van der Waals surface area contributed by atoms with Gasteiger partial charge in [0.25, 0.3) is 0 Å². The van der Waals surface area contributed by atoms with Crippen LogP contribution in [0.25, 0.3) is 0 Å². The van der Waals surface area contributed by atoms with Gasteiger partial charge in [-0.3, -0.25) is 4.79 Å². The van der Waals surface area contributed by atoms with E-state index in [0.717, 1.165) is 29.8 Å². The third-order valence-electron chi connectivity index (χ3n) is 4.63. The number of ketones is 1. The lowest BCUT2D eigenvalue weighted by Gasteiger charge is -2.34. The van der Waals surface area contributed by atoms with E-state index in [2.05, 4.69) is 5.32 Å². The summed E-state index contributed by atoms with van der Waals surface area (Å²) >= 11 is 0. The predicted octanol–water partition coefficient (Wildman–Crippen LogP) is 2.84. The van der Waals surface area contributed by atoms with Gasteiger partial charge in [0.15, 0.2) is 5.78 Å². The Bertz CT molecular complexity index is 760. The fraction of sp³-hybridized carbons (Fsp3) is 0.368. The van der Waals surface area contributed by atoms with E-state index in [1.165, 1.54) is 7.11 Å². The molecule has 0 saturated heterocycles. The summed E-state index contributed by atoms with van der Waals surface area (Å²) in [4.78, 5) is 25.1. The van der Waals surface area contributed by atoms with Gasteiger partial charge in [-0.05, 0) is 25.8 Å². The van der Waals surface area contributed by atoms with Crippen molar-refractivity contribution >= 4 is 11.8 Å². The second-order valence-corrected chi connectivity index (χ2v) is 6.00. The molecule has 1 atom stereocenters.